The second-order valence-corrected chi connectivity index (χ2v) is 7.24. The van der Waals surface area contributed by atoms with E-state index >= 15 is 0 Å². The summed E-state index contributed by atoms with van der Waals surface area (Å²) in [7, 11) is -3.36. The summed E-state index contributed by atoms with van der Waals surface area (Å²) in [5.41, 5.74) is 3.20. The molecule has 0 saturated carbocycles. The molecule has 1 fully saturated rings. The molecule has 5 nitrogen and oxygen atoms in total. The standard InChI is InChI=1S/C14H23N3O2S/c1-2-3-12-8-10-17(11-9-12)20(18,19)14-6-4-13(16-15)5-7-14/h4-7,12,16H,2-3,8-11,15H2,1H3. The molecule has 1 aliphatic heterocycles. The summed E-state index contributed by atoms with van der Waals surface area (Å²) in [6.45, 7) is 3.43. The van der Waals surface area contributed by atoms with Crippen molar-refractivity contribution >= 4 is 15.7 Å². The maximum absolute atomic E-state index is 12.5. The van der Waals surface area contributed by atoms with E-state index < -0.39 is 10.0 Å². The molecule has 0 unspecified atom stereocenters. The Morgan fingerprint density at radius 2 is 1.85 bits per heavy atom. The van der Waals surface area contributed by atoms with Crippen molar-refractivity contribution in [1.82, 2.24) is 4.31 Å². The van der Waals surface area contributed by atoms with Gasteiger partial charge in [0.15, 0.2) is 0 Å². The van der Waals surface area contributed by atoms with Crippen LogP contribution in [0.3, 0.4) is 0 Å². The molecule has 1 aromatic carbocycles. The second-order valence-electron chi connectivity index (χ2n) is 5.30. The van der Waals surface area contributed by atoms with Gasteiger partial charge in [-0.1, -0.05) is 19.8 Å². The van der Waals surface area contributed by atoms with Crippen molar-refractivity contribution in [2.45, 2.75) is 37.5 Å². The fourth-order valence-corrected chi connectivity index (χ4v) is 4.19. The van der Waals surface area contributed by atoms with E-state index in [1.165, 1.54) is 12.8 Å². The quantitative estimate of drug-likeness (QED) is 0.645. The highest BCUT2D eigenvalue weighted by atomic mass is 32.2. The van der Waals surface area contributed by atoms with Crippen LogP contribution < -0.4 is 11.3 Å². The van der Waals surface area contributed by atoms with Gasteiger partial charge in [-0.05, 0) is 43.0 Å². The first-order valence-corrected chi connectivity index (χ1v) is 8.58. The maximum Gasteiger partial charge on any atom is 0.243 e. The number of hydrazine groups is 1. The molecule has 1 saturated heterocycles. The molecule has 3 N–H and O–H groups in total. The van der Waals surface area contributed by atoms with Crippen LogP contribution in [-0.2, 0) is 10.0 Å². The van der Waals surface area contributed by atoms with Gasteiger partial charge in [0.25, 0.3) is 0 Å². The van der Waals surface area contributed by atoms with Gasteiger partial charge in [-0.2, -0.15) is 4.31 Å². The van der Waals surface area contributed by atoms with Crippen molar-refractivity contribution in [3.05, 3.63) is 24.3 Å². The van der Waals surface area contributed by atoms with Crippen LogP contribution in [0.4, 0.5) is 5.69 Å². The number of hydrogen-bond donors (Lipinski definition) is 2. The van der Waals surface area contributed by atoms with Crippen LogP contribution in [-0.4, -0.2) is 25.8 Å². The van der Waals surface area contributed by atoms with Gasteiger partial charge in [0.2, 0.25) is 10.0 Å². The first-order valence-electron chi connectivity index (χ1n) is 7.14. The smallest absolute Gasteiger partial charge is 0.243 e. The van der Waals surface area contributed by atoms with Crippen LogP contribution in [0.15, 0.2) is 29.2 Å². The van der Waals surface area contributed by atoms with Gasteiger partial charge in [-0.3, -0.25) is 5.84 Å². The maximum atomic E-state index is 12.5. The highest BCUT2D eigenvalue weighted by Crippen LogP contribution is 2.26. The third-order valence-electron chi connectivity index (χ3n) is 3.93. The highest BCUT2D eigenvalue weighted by Gasteiger charge is 2.28. The lowest BCUT2D eigenvalue weighted by Gasteiger charge is -2.31. The number of sulfonamides is 1. The summed E-state index contributed by atoms with van der Waals surface area (Å²) in [6.07, 6.45) is 4.31. The average Bonchev–Trinajstić information content (AvgIpc) is 2.48. The predicted octanol–water partition coefficient (Wildman–Crippen LogP) is 2.17. The van der Waals surface area contributed by atoms with E-state index in [-0.39, 0.29) is 0 Å². The first-order chi connectivity index (χ1) is 9.57. The van der Waals surface area contributed by atoms with E-state index in [4.69, 9.17) is 5.84 Å². The molecule has 0 spiro atoms. The summed E-state index contributed by atoms with van der Waals surface area (Å²) in [6, 6.07) is 6.55. The number of nitrogens with two attached hydrogens (primary N) is 1. The van der Waals surface area contributed by atoms with E-state index in [1.807, 2.05) is 0 Å². The van der Waals surface area contributed by atoms with Crippen LogP contribution >= 0.6 is 0 Å². The molecule has 1 heterocycles. The van der Waals surface area contributed by atoms with Crippen molar-refractivity contribution in [3.8, 4) is 0 Å². The minimum Gasteiger partial charge on any atom is -0.324 e. The average molecular weight is 297 g/mol. The second kappa shape index (κ2) is 6.56. The van der Waals surface area contributed by atoms with E-state index in [1.54, 1.807) is 28.6 Å². The fourth-order valence-electron chi connectivity index (χ4n) is 2.72. The Hall–Kier alpha value is -1.11. The number of nitrogens with zero attached hydrogens (tertiary/aromatic N) is 1. The number of anilines is 1. The van der Waals surface area contributed by atoms with E-state index in [0.29, 0.717) is 29.6 Å². The Labute approximate surface area is 121 Å². The molecule has 2 rings (SSSR count). The van der Waals surface area contributed by atoms with Crippen LogP contribution in [0, 0.1) is 5.92 Å². The Balaban J connectivity index is 2.07. The predicted molar refractivity (Wildman–Crippen MR) is 80.6 cm³/mol. The first kappa shape index (κ1) is 15.3. The minimum atomic E-state index is -3.36. The number of benzene rings is 1. The molecule has 1 aromatic rings. The summed E-state index contributed by atoms with van der Waals surface area (Å²) in [5, 5.41) is 0. The summed E-state index contributed by atoms with van der Waals surface area (Å²) < 4.78 is 26.7. The SMILES string of the molecule is CCCC1CCN(S(=O)(=O)c2ccc(NN)cc2)CC1. The third-order valence-corrected chi connectivity index (χ3v) is 5.84. The largest absolute Gasteiger partial charge is 0.324 e. The molecular formula is C14H23N3O2S. The molecule has 0 atom stereocenters. The Kier molecular flexibility index (Phi) is 5.01. The lowest BCUT2D eigenvalue weighted by molar-refractivity contribution is 0.262. The van der Waals surface area contributed by atoms with Crippen molar-refractivity contribution < 1.29 is 8.42 Å². The number of piperidine rings is 1. The van der Waals surface area contributed by atoms with Gasteiger partial charge >= 0.3 is 0 Å². The molecule has 0 amide bonds. The summed E-state index contributed by atoms with van der Waals surface area (Å²) >= 11 is 0. The van der Waals surface area contributed by atoms with E-state index in [9.17, 15) is 8.42 Å². The number of nitrogens with one attached hydrogen (secondary N) is 1. The molecule has 0 radical (unpaired) electrons. The van der Waals surface area contributed by atoms with Crippen molar-refractivity contribution in [2.75, 3.05) is 18.5 Å². The molecule has 0 bridgehead atoms. The van der Waals surface area contributed by atoms with Crippen molar-refractivity contribution in [1.29, 1.82) is 0 Å². The molecule has 0 aromatic heterocycles. The van der Waals surface area contributed by atoms with Gasteiger partial charge < -0.3 is 5.43 Å². The van der Waals surface area contributed by atoms with Gasteiger partial charge in [-0.25, -0.2) is 8.42 Å². The van der Waals surface area contributed by atoms with Gasteiger partial charge in [0.1, 0.15) is 0 Å². The van der Waals surface area contributed by atoms with E-state index in [0.717, 1.165) is 12.8 Å². The Bertz CT molecular complexity index is 520. The van der Waals surface area contributed by atoms with Gasteiger partial charge in [0, 0.05) is 18.8 Å². The van der Waals surface area contributed by atoms with Crippen LogP contribution in [0.25, 0.3) is 0 Å². The molecule has 20 heavy (non-hydrogen) atoms. The lowest BCUT2D eigenvalue weighted by Crippen LogP contribution is -2.38. The monoisotopic (exact) mass is 297 g/mol. The number of hydrogen-bond acceptors (Lipinski definition) is 4. The van der Waals surface area contributed by atoms with Crippen LogP contribution in [0.5, 0.6) is 0 Å². The van der Waals surface area contributed by atoms with Gasteiger partial charge in [-0.15, -0.1) is 0 Å². The van der Waals surface area contributed by atoms with Crippen LogP contribution in [0.1, 0.15) is 32.6 Å². The fraction of sp³-hybridized carbons (Fsp3) is 0.571. The van der Waals surface area contributed by atoms with Crippen molar-refractivity contribution in [3.63, 3.8) is 0 Å². The molecule has 112 valence electrons. The third kappa shape index (κ3) is 3.31. The zero-order valence-corrected chi connectivity index (χ0v) is 12.7. The van der Waals surface area contributed by atoms with E-state index in [2.05, 4.69) is 12.3 Å². The Morgan fingerprint density at radius 3 is 2.35 bits per heavy atom. The highest BCUT2D eigenvalue weighted by molar-refractivity contribution is 7.89. The topological polar surface area (TPSA) is 75.4 Å². The number of nitrogen functional groups attached to an aromatic ring is 1. The zero-order valence-electron chi connectivity index (χ0n) is 11.9. The molecule has 0 aliphatic carbocycles. The molecule has 1 aliphatic rings. The zero-order chi connectivity index (χ0) is 14.6. The normalized spacial score (nSPS) is 18.1. The molecule has 6 heteroatoms. The summed E-state index contributed by atoms with van der Waals surface area (Å²) in [4.78, 5) is 0.338. The van der Waals surface area contributed by atoms with Crippen molar-refractivity contribution in [2.24, 2.45) is 11.8 Å². The van der Waals surface area contributed by atoms with Crippen LogP contribution in [0.2, 0.25) is 0 Å². The summed E-state index contributed by atoms with van der Waals surface area (Å²) in [5.74, 6) is 5.96. The Morgan fingerprint density at radius 1 is 1.25 bits per heavy atom. The van der Waals surface area contributed by atoms with Gasteiger partial charge in [0.05, 0.1) is 4.90 Å². The number of rotatable bonds is 5. The lowest BCUT2D eigenvalue weighted by atomic mass is 9.94. The molecular weight excluding hydrogens is 274 g/mol. The minimum absolute atomic E-state index is 0.338.